The summed E-state index contributed by atoms with van der Waals surface area (Å²) in [5.41, 5.74) is 0. The standard InChI is InChI=1S/C11H17NO2/c1-9(2)8-10(11(13)14-3)12-6-4-5-7-12/h4-7,9-10H,8H2,1-3H3. The third kappa shape index (κ3) is 2.62. The normalized spacial score (nSPS) is 12.9. The van der Waals surface area contributed by atoms with E-state index in [9.17, 15) is 4.79 Å². The van der Waals surface area contributed by atoms with Crippen LogP contribution in [0.1, 0.15) is 26.3 Å². The van der Waals surface area contributed by atoms with E-state index >= 15 is 0 Å². The van der Waals surface area contributed by atoms with E-state index in [0.29, 0.717) is 5.92 Å². The molecule has 1 atom stereocenters. The van der Waals surface area contributed by atoms with Crippen molar-refractivity contribution in [2.45, 2.75) is 26.3 Å². The molecule has 0 aliphatic carbocycles. The Morgan fingerprint density at radius 2 is 1.93 bits per heavy atom. The zero-order valence-electron chi connectivity index (χ0n) is 8.93. The van der Waals surface area contributed by atoms with E-state index in [1.54, 1.807) is 0 Å². The highest BCUT2D eigenvalue weighted by Crippen LogP contribution is 2.18. The highest BCUT2D eigenvalue weighted by atomic mass is 16.5. The molecule has 0 spiro atoms. The maximum Gasteiger partial charge on any atom is 0.328 e. The molecule has 0 bridgehead atoms. The van der Waals surface area contributed by atoms with Crippen LogP contribution in [0.4, 0.5) is 0 Å². The molecule has 3 heteroatoms. The first-order valence-electron chi connectivity index (χ1n) is 4.85. The van der Waals surface area contributed by atoms with Crippen molar-refractivity contribution in [1.82, 2.24) is 4.57 Å². The van der Waals surface area contributed by atoms with E-state index < -0.39 is 0 Å². The summed E-state index contributed by atoms with van der Waals surface area (Å²) in [7, 11) is 1.43. The van der Waals surface area contributed by atoms with Crippen molar-refractivity contribution < 1.29 is 9.53 Å². The number of ether oxygens (including phenoxy) is 1. The van der Waals surface area contributed by atoms with Crippen LogP contribution in [0.5, 0.6) is 0 Å². The highest BCUT2D eigenvalue weighted by Gasteiger charge is 2.21. The summed E-state index contributed by atoms with van der Waals surface area (Å²) in [4.78, 5) is 11.5. The molecule has 0 aliphatic heterocycles. The van der Waals surface area contributed by atoms with Gasteiger partial charge in [0.15, 0.2) is 0 Å². The van der Waals surface area contributed by atoms with Crippen LogP contribution in [-0.2, 0) is 9.53 Å². The van der Waals surface area contributed by atoms with Gasteiger partial charge in [-0.15, -0.1) is 0 Å². The van der Waals surface area contributed by atoms with Gasteiger partial charge in [-0.25, -0.2) is 4.79 Å². The first-order chi connectivity index (χ1) is 6.65. The van der Waals surface area contributed by atoms with Gasteiger partial charge in [0.25, 0.3) is 0 Å². The summed E-state index contributed by atoms with van der Waals surface area (Å²) in [6, 6.07) is 3.64. The Hall–Kier alpha value is -1.25. The van der Waals surface area contributed by atoms with E-state index in [-0.39, 0.29) is 12.0 Å². The van der Waals surface area contributed by atoms with Crippen LogP contribution in [0.25, 0.3) is 0 Å². The number of esters is 1. The largest absolute Gasteiger partial charge is 0.467 e. The Labute approximate surface area is 84.7 Å². The molecule has 0 aliphatic rings. The second kappa shape index (κ2) is 4.84. The van der Waals surface area contributed by atoms with Gasteiger partial charge in [-0.1, -0.05) is 13.8 Å². The molecule has 1 aromatic rings. The van der Waals surface area contributed by atoms with Crippen LogP contribution < -0.4 is 0 Å². The predicted molar refractivity (Wildman–Crippen MR) is 54.9 cm³/mol. The summed E-state index contributed by atoms with van der Waals surface area (Å²) < 4.78 is 6.67. The molecule has 78 valence electrons. The minimum atomic E-state index is -0.185. The molecule has 0 N–H and O–H groups in total. The van der Waals surface area contributed by atoms with E-state index in [1.807, 2.05) is 29.1 Å². The summed E-state index contributed by atoms with van der Waals surface area (Å²) in [6.45, 7) is 4.19. The first kappa shape index (κ1) is 10.8. The van der Waals surface area contributed by atoms with Gasteiger partial charge in [-0.3, -0.25) is 0 Å². The Bertz CT molecular complexity index is 277. The number of nitrogens with zero attached hydrogens (tertiary/aromatic N) is 1. The summed E-state index contributed by atoms with van der Waals surface area (Å²) in [5, 5.41) is 0. The molecule has 1 rings (SSSR count). The number of rotatable bonds is 4. The third-order valence-corrected chi connectivity index (χ3v) is 2.16. The molecule has 0 saturated heterocycles. The predicted octanol–water partition coefficient (Wildman–Crippen LogP) is 2.25. The molecule has 1 heterocycles. The first-order valence-corrected chi connectivity index (χ1v) is 4.85. The Morgan fingerprint density at radius 1 is 1.36 bits per heavy atom. The topological polar surface area (TPSA) is 31.2 Å². The smallest absolute Gasteiger partial charge is 0.328 e. The van der Waals surface area contributed by atoms with E-state index in [1.165, 1.54) is 7.11 Å². The van der Waals surface area contributed by atoms with Gasteiger partial charge < -0.3 is 9.30 Å². The zero-order valence-corrected chi connectivity index (χ0v) is 8.93. The molecule has 0 fully saturated rings. The molecule has 1 aromatic heterocycles. The second-order valence-corrected chi connectivity index (χ2v) is 3.80. The van der Waals surface area contributed by atoms with Gasteiger partial charge in [-0.05, 0) is 24.5 Å². The molecule has 0 aromatic carbocycles. The van der Waals surface area contributed by atoms with Crippen molar-refractivity contribution >= 4 is 5.97 Å². The van der Waals surface area contributed by atoms with Crippen LogP contribution in [-0.4, -0.2) is 17.6 Å². The van der Waals surface area contributed by atoms with E-state index in [4.69, 9.17) is 4.74 Å². The van der Waals surface area contributed by atoms with Crippen LogP contribution in [0, 0.1) is 5.92 Å². The minimum absolute atomic E-state index is 0.171. The minimum Gasteiger partial charge on any atom is -0.467 e. The number of carbonyl (C=O) groups is 1. The number of carbonyl (C=O) groups excluding carboxylic acids is 1. The van der Waals surface area contributed by atoms with E-state index in [0.717, 1.165) is 6.42 Å². The zero-order chi connectivity index (χ0) is 10.6. The van der Waals surface area contributed by atoms with Crippen molar-refractivity contribution in [1.29, 1.82) is 0 Å². The lowest BCUT2D eigenvalue weighted by atomic mass is 10.0. The van der Waals surface area contributed by atoms with Crippen molar-refractivity contribution in [3.05, 3.63) is 24.5 Å². The quantitative estimate of drug-likeness (QED) is 0.690. The number of hydrogen-bond acceptors (Lipinski definition) is 2. The van der Waals surface area contributed by atoms with Gasteiger partial charge in [0.1, 0.15) is 6.04 Å². The van der Waals surface area contributed by atoms with E-state index in [2.05, 4.69) is 13.8 Å². The third-order valence-electron chi connectivity index (χ3n) is 2.16. The van der Waals surface area contributed by atoms with Gasteiger partial charge in [-0.2, -0.15) is 0 Å². The fraction of sp³-hybridized carbons (Fsp3) is 0.545. The molecule has 14 heavy (non-hydrogen) atoms. The van der Waals surface area contributed by atoms with Crippen LogP contribution in [0.3, 0.4) is 0 Å². The molecular formula is C11H17NO2. The monoisotopic (exact) mass is 195 g/mol. The van der Waals surface area contributed by atoms with Crippen molar-refractivity contribution in [3.8, 4) is 0 Å². The molecule has 0 amide bonds. The number of hydrogen-bond donors (Lipinski definition) is 0. The summed E-state index contributed by atoms with van der Waals surface area (Å²) in [5.74, 6) is 0.302. The maximum absolute atomic E-state index is 11.5. The number of aromatic nitrogens is 1. The lowest BCUT2D eigenvalue weighted by Crippen LogP contribution is -2.21. The van der Waals surface area contributed by atoms with Gasteiger partial charge in [0.05, 0.1) is 7.11 Å². The molecular weight excluding hydrogens is 178 g/mol. The Morgan fingerprint density at radius 3 is 2.36 bits per heavy atom. The lowest BCUT2D eigenvalue weighted by Gasteiger charge is -2.18. The van der Waals surface area contributed by atoms with Crippen molar-refractivity contribution in [3.63, 3.8) is 0 Å². The van der Waals surface area contributed by atoms with Crippen LogP contribution in [0.2, 0.25) is 0 Å². The lowest BCUT2D eigenvalue weighted by molar-refractivity contribution is -0.145. The average Bonchev–Trinajstić information content (AvgIpc) is 2.65. The van der Waals surface area contributed by atoms with Crippen LogP contribution >= 0.6 is 0 Å². The van der Waals surface area contributed by atoms with Crippen LogP contribution in [0.15, 0.2) is 24.5 Å². The highest BCUT2D eigenvalue weighted by molar-refractivity contribution is 5.74. The Balaban J connectivity index is 2.77. The molecule has 3 nitrogen and oxygen atoms in total. The van der Waals surface area contributed by atoms with Gasteiger partial charge in [0, 0.05) is 12.4 Å². The van der Waals surface area contributed by atoms with Crippen molar-refractivity contribution in [2.75, 3.05) is 7.11 Å². The number of methoxy groups -OCH3 is 1. The Kier molecular flexibility index (Phi) is 3.74. The average molecular weight is 195 g/mol. The van der Waals surface area contributed by atoms with Crippen molar-refractivity contribution in [2.24, 2.45) is 5.92 Å². The maximum atomic E-state index is 11.5. The fourth-order valence-corrected chi connectivity index (χ4v) is 1.48. The van der Waals surface area contributed by atoms with Gasteiger partial charge >= 0.3 is 5.97 Å². The molecule has 0 saturated carbocycles. The summed E-state index contributed by atoms with van der Waals surface area (Å²) >= 11 is 0. The summed E-state index contributed by atoms with van der Waals surface area (Å²) in [6.07, 6.45) is 4.59. The molecule has 0 radical (unpaired) electrons. The SMILES string of the molecule is COC(=O)C(CC(C)C)n1cccc1. The van der Waals surface area contributed by atoms with Gasteiger partial charge in [0.2, 0.25) is 0 Å². The second-order valence-electron chi connectivity index (χ2n) is 3.80. The molecule has 1 unspecified atom stereocenters. The fourth-order valence-electron chi connectivity index (χ4n) is 1.48.